The van der Waals surface area contributed by atoms with E-state index in [1.54, 1.807) is 36.3 Å². The maximum absolute atomic E-state index is 14.8. The van der Waals surface area contributed by atoms with Crippen LogP contribution in [0, 0.1) is 17.1 Å². The Hall–Kier alpha value is -4.03. The van der Waals surface area contributed by atoms with Gasteiger partial charge in [-0.1, -0.05) is 18.2 Å². The van der Waals surface area contributed by atoms with Crippen LogP contribution in [0.5, 0.6) is 5.75 Å². The summed E-state index contributed by atoms with van der Waals surface area (Å²) in [4.78, 5) is 31.8. The zero-order valence-electron chi connectivity index (χ0n) is 20.7. The molecule has 0 radical (unpaired) electrons. The molecule has 37 heavy (non-hydrogen) atoms. The summed E-state index contributed by atoms with van der Waals surface area (Å²) in [6.07, 6.45) is 4.23. The number of piperidine rings is 1. The lowest BCUT2D eigenvalue weighted by Gasteiger charge is -2.32. The van der Waals surface area contributed by atoms with E-state index in [2.05, 4.69) is 0 Å². The van der Waals surface area contributed by atoms with E-state index in [9.17, 15) is 19.2 Å². The van der Waals surface area contributed by atoms with Crippen LogP contribution in [-0.4, -0.2) is 48.7 Å². The largest absolute Gasteiger partial charge is 0.497 e. The highest BCUT2D eigenvalue weighted by atomic mass is 19.1. The van der Waals surface area contributed by atoms with E-state index in [1.165, 1.54) is 12.1 Å². The molecule has 0 spiro atoms. The van der Waals surface area contributed by atoms with E-state index >= 15 is 0 Å². The van der Waals surface area contributed by atoms with Crippen LogP contribution in [0.15, 0.2) is 53.5 Å². The Morgan fingerprint density at radius 2 is 2.03 bits per heavy atom. The Bertz CT molecular complexity index is 1300. The predicted octanol–water partition coefficient (Wildman–Crippen LogP) is 3.04. The number of carbonyl (C=O) groups is 2. The number of amides is 2. The van der Waals surface area contributed by atoms with Crippen molar-refractivity contribution in [3.05, 3.63) is 71.0 Å². The van der Waals surface area contributed by atoms with Gasteiger partial charge in [-0.3, -0.25) is 14.6 Å². The fourth-order valence-corrected chi connectivity index (χ4v) is 5.06. The van der Waals surface area contributed by atoms with Crippen LogP contribution in [0.4, 0.5) is 4.39 Å². The molecule has 0 saturated carbocycles. The number of aliphatic imine (C=N–C) groups is 1. The van der Waals surface area contributed by atoms with Gasteiger partial charge in [-0.15, -0.1) is 0 Å². The fraction of sp³-hybridized carbons (Fsp3) is 0.357. The van der Waals surface area contributed by atoms with Crippen molar-refractivity contribution in [2.45, 2.75) is 43.7 Å². The summed E-state index contributed by atoms with van der Waals surface area (Å²) in [6.45, 7) is 1.02. The molecular formula is C28H30FN5O3. The minimum absolute atomic E-state index is 0.0781. The monoisotopic (exact) mass is 503 g/mol. The number of carbonyl (C=O) groups excluding carboxylic acids is 2. The number of hydrogen-bond donors (Lipinski definition) is 2. The lowest BCUT2D eigenvalue weighted by Crippen LogP contribution is -2.47. The van der Waals surface area contributed by atoms with Crippen molar-refractivity contribution in [3.63, 3.8) is 0 Å². The fourth-order valence-electron chi connectivity index (χ4n) is 5.06. The predicted molar refractivity (Wildman–Crippen MR) is 138 cm³/mol. The van der Waals surface area contributed by atoms with Gasteiger partial charge in [-0.25, -0.2) is 4.39 Å². The van der Waals surface area contributed by atoms with Crippen molar-refractivity contribution in [1.82, 2.24) is 4.90 Å². The number of halogens is 1. The SMILES string of the molecule is COc1ccc(C2(CCCC(N)=O)N=C(C(=O)N3CCC[C@@H](N)C3)C=C2c2ccc(C#N)c(F)c2)cc1. The van der Waals surface area contributed by atoms with Crippen molar-refractivity contribution in [1.29, 1.82) is 5.26 Å². The quantitative estimate of drug-likeness (QED) is 0.571. The Balaban J connectivity index is 1.86. The zero-order valence-corrected chi connectivity index (χ0v) is 20.7. The maximum atomic E-state index is 14.8. The highest BCUT2D eigenvalue weighted by Crippen LogP contribution is 2.48. The highest BCUT2D eigenvalue weighted by molar-refractivity contribution is 6.45. The normalized spacial score (nSPS) is 21.1. The Labute approximate surface area is 215 Å². The van der Waals surface area contributed by atoms with Crippen LogP contribution in [0.25, 0.3) is 5.57 Å². The number of rotatable bonds is 8. The number of methoxy groups -OCH3 is 1. The second-order valence-corrected chi connectivity index (χ2v) is 9.42. The third-order valence-corrected chi connectivity index (χ3v) is 6.93. The Morgan fingerprint density at radius 1 is 1.27 bits per heavy atom. The van der Waals surface area contributed by atoms with E-state index in [0.29, 0.717) is 42.8 Å². The number of nitrogens with two attached hydrogens (primary N) is 2. The van der Waals surface area contributed by atoms with E-state index in [-0.39, 0.29) is 29.6 Å². The molecule has 9 heteroatoms. The van der Waals surface area contributed by atoms with Crippen LogP contribution in [0.3, 0.4) is 0 Å². The molecule has 2 atom stereocenters. The van der Waals surface area contributed by atoms with E-state index < -0.39 is 17.3 Å². The summed E-state index contributed by atoms with van der Waals surface area (Å²) < 4.78 is 20.1. The first-order valence-corrected chi connectivity index (χ1v) is 12.3. The minimum Gasteiger partial charge on any atom is -0.497 e. The average molecular weight is 504 g/mol. The maximum Gasteiger partial charge on any atom is 0.272 e. The number of likely N-dealkylation sites (tertiary alicyclic amines) is 1. The van der Waals surface area contributed by atoms with Crippen LogP contribution in [0.2, 0.25) is 0 Å². The minimum atomic E-state index is -1.08. The standard InChI is InChI=1S/C28H30FN5O3/c1-37-22-10-8-20(9-11-22)28(12-2-5-26(32)35)23(18-6-7-19(16-30)24(29)14-18)15-25(33-28)27(36)34-13-3-4-21(31)17-34/h6-11,14-15,21H,2-5,12-13,17,31H2,1H3,(H2,32,35)/t21-,28?/m1/s1. The number of ether oxygens (including phenoxy) is 1. The van der Waals surface area contributed by atoms with Gasteiger partial charge in [0, 0.05) is 25.6 Å². The molecular weight excluding hydrogens is 473 g/mol. The molecule has 192 valence electrons. The lowest BCUT2D eigenvalue weighted by molar-refractivity contribution is -0.125. The van der Waals surface area contributed by atoms with Gasteiger partial charge in [0.15, 0.2) is 0 Å². The van der Waals surface area contributed by atoms with Crippen LogP contribution in [0.1, 0.15) is 48.8 Å². The third kappa shape index (κ3) is 5.39. The second-order valence-electron chi connectivity index (χ2n) is 9.42. The summed E-state index contributed by atoms with van der Waals surface area (Å²) in [5.41, 5.74) is 12.5. The van der Waals surface area contributed by atoms with Crippen LogP contribution < -0.4 is 16.2 Å². The Kier molecular flexibility index (Phi) is 7.69. The van der Waals surface area contributed by atoms with Gasteiger partial charge in [-0.05, 0) is 72.7 Å². The van der Waals surface area contributed by atoms with Gasteiger partial charge >= 0.3 is 0 Å². The first-order chi connectivity index (χ1) is 17.8. The van der Waals surface area contributed by atoms with E-state index in [0.717, 1.165) is 18.4 Å². The topological polar surface area (TPSA) is 135 Å². The molecule has 2 aromatic carbocycles. The summed E-state index contributed by atoms with van der Waals surface area (Å²) in [7, 11) is 1.57. The molecule has 2 heterocycles. The third-order valence-electron chi connectivity index (χ3n) is 6.93. The zero-order chi connectivity index (χ0) is 26.6. The number of nitriles is 1. The second kappa shape index (κ2) is 10.9. The molecule has 8 nitrogen and oxygen atoms in total. The number of benzene rings is 2. The van der Waals surface area contributed by atoms with Gasteiger partial charge in [0.2, 0.25) is 5.91 Å². The lowest BCUT2D eigenvalue weighted by atomic mass is 9.77. The molecule has 1 saturated heterocycles. The van der Waals surface area contributed by atoms with Crippen molar-refractivity contribution in [3.8, 4) is 11.8 Å². The van der Waals surface area contributed by atoms with E-state index in [4.69, 9.17) is 21.2 Å². The first kappa shape index (κ1) is 26.0. The molecule has 2 aromatic rings. The van der Waals surface area contributed by atoms with Gasteiger partial charge < -0.3 is 21.1 Å². The number of nitrogens with zero attached hydrogens (tertiary/aromatic N) is 3. The summed E-state index contributed by atoms with van der Waals surface area (Å²) in [5, 5.41) is 9.21. The van der Waals surface area contributed by atoms with Crippen molar-refractivity contribution >= 4 is 23.1 Å². The molecule has 4 rings (SSSR count). The highest BCUT2D eigenvalue weighted by Gasteiger charge is 2.42. The molecule has 0 aromatic heterocycles. The molecule has 4 N–H and O–H groups in total. The van der Waals surface area contributed by atoms with Gasteiger partial charge in [-0.2, -0.15) is 5.26 Å². The summed E-state index contributed by atoms with van der Waals surface area (Å²) in [6, 6.07) is 13.4. The van der Waals surface area contributed by atoms with Gasteiger partial charge in [0.05, 0.1) is 12.7 Å². The molecule has 0 bridgehead atoms. The van der Waals surface area contributed by atoms with Crippen molar-refractivity contribution in [2.24, 2.45) is 16.5 Å². The Morgan fingerprint density at radius 3 is 2.65 bits per heavy atom. The van der Waals surface area contributed by atoms with Gasteiger partial charge in [0.25, 0.3) is 5.91 Å². The smallest absolute Gasteiger partial charge is 0.272 e. The van der Waals surface area contributed by atoms with Crippen LogP contribution in [-0.2, 0) is 15.1 Å². The molecule has 1 fully saturated rings. The summed E-state index contributed by atoms with van der Waals surface area (Å²) >= 11 is 0. The average Bonchev–Trinajstić information content (AvgIpc) is 3.28. The number of primary amides is 1. The molecule has 1 unspecified atom stereocenters. The van der Waals surface area contributed by atoms with Crippen molar-refractivity contribution in [2.75, 3.05) is 20.2 Å². The van der Waals surface area contributed by atoms with Gasteiger partial charge in [0.1, 0.15) is 28.9 Å². The molecule has 0 aliphatic carbocycles. The van der Waals surface area contributed by atoms with Crippen molar-refractivity contribution < 1.29 is 18.7 Å². The molecule has 2 aliphatic rings. The number of hydrogen-bond acceptors (Lipinski definition) is 6. The van der Waals surface area contributed by atoms with E-state index in [1.807, 2.05) is 18.2 Å². The van der Waals surface area contributed by atoms with Crippen LogP contribution >= 0.6 is 0 Å². The summed E-state index contributed by atoms with van der Waals surface area (Å²) in [5.74, 6) is -0.706. The molecule has 2 aliphatic heterocycles. The first-order valence-electron chi connectivity index (χ1n) is 12.3. The molecule has 2 amide bonds.